The van der Waals surface area contributed by atoms with E-state index in [2.05, 4.69) is 0 Å². The number of nitrogens with zero attached hydrogens (tertiary/aromatic N) is 1. The molecule has 0 radical (unpaired) electrons. The fourth-order valence-corrected chi connectivity index (χ4v) is 1.89. The Kier molecular flexibility index (Phi) is 6.59. The smallest absolute Gasteiger partial charge is 0.411 e. The number of halogens is 1. The van der Waals surface area contributed by atoms with E-state index in [4.69, 9.17) is 15.2 Å². The van der Waals surface area contributed by atoms with E-state index in [0.29, 0.717) is 19.4 Å². The molecule has 2 unspecified atom stereocenters. The van der Waals surface area contributed by atoms with Crippen LogP contribution in [0.25, 0.3) is 0 Å². The molecule has 1 rings (SSSR count). The fraction of sp³-hybridized carbons (Fsp3) is 0.833. The zero-order chi connectivity index (χ0) is 13.9. The summed E-state index contributed by atoms with van der Waals surface area (Å²) in [5, 5.41) is 0. The third kappa shape index (κ3) is 5.24. The number of carbonyl (C=O) groups excluding carboxylic acids is 2. The normalized spacial score (nSPS) is 23.3. The predicted octanol–water partition coefficient (Wildman–Crippen LogP) is 1.31. The van der Waals surface area contributed by atoms with Gasteiger partial charge in [-0.2, -0.15) is 0 Å². The Bertz CT molecular complexity index is 330. The number of amides is 1. The number of esters is 1. The first-order chi connectivity index (χ1) is 8.24. The van der Waals surface area contributed by atoms with Crippen molar-refractivity contribution in [3.8, 4) is 0 Å². The fourth-order valence-electron chi connectivity index (χ4n) is 1.89. The van der Waals surface area contributed by atoms with Gasteiger partial charge in [0, 0.05) is 12.6 Å². The van der Waals surface area contributed by atoms with Crippen molar-refractivity contribution in [2.45, 2.75) is 51.3 Å². The van der Waals surface area contributed by atoms with Gasteiger partial charge in [0.05, 0.1) is 7.11 Å². The number of piperidine rings is 1. The van der Waals surface area contributed by atoms with Crippen LogP contribution in [0.1, 0.15) is 33.6 Å². The lowest BCUT2D eigenvalue weighted by Gasteiger charge is -2.37. The van der Waals surface area contributed by atoms with Crippen LogP contribution in [0, 0.1) is 0 Å². The zero-order valence-corrected chi connectivity index (χ0v) is 12.7. The first-order valence-corrected chi connectivity index (χ1v) is 6.07. The highest BCUT2D eigenvalue weighted by molar-refractivity contribution is 5.85. The van der Waals surface area contributed by atoms with E-state index >= 15 is 0 Å². The molecule has 0 aromatic carbocycles. The average molecular weight is 295 g/mol. The summed E-state index contributed by atoms with van der Waals surface area (Å²) in [4.78, 5) is 25.1. The minimum Gasteiger partial charge on any atom is -0.467 e. The van der Waals surface area contributed by atoms with E-state index in [1.807, 2.05) is 0 Å². The van der Waals surface area contributed by atoms with E-state index in [0.717, 1.165) is 0 Å². The number of methoxy groups -OCH3 is 1. The predicted molar refractivity (Wildman–Crippen MR) is 73.2 cm³/mol. The molecule has 6 nitrogen and oxygen atoms in total. The van der Waals surface area contributed by atoms with Crippen LogP contribution in [0.15, 0.2) is 0 Å². The molecule has 0 aromatic heterocycles. The number of hydrogen-bond donors (Lipinski definition) is 1. The van der Waals surface area contributed by atoms with Crippen molar-refractivity contribution < 1.29 is 19.1 Å². The van der Waals surface area contributed by atoms with Gasteiger partial charge in [0.25, 0.3) is 0 Å². The maximum Gasteiger partial charge on any atom is 0.411 e. The number of carbonyl (C=O) groups is 2. The molecule has 0 spiro atoms. The van der Waals surface area contributed by atoms with Gasteiger partial charge in [-0.15, -0.1) is 12.4 Å². The Morgan fingerprint density at radius 1 is 1.32 bits per heavy atom. The minimum absolute atomic E-state index is 0. The lowest BCUT2D eigenvalue weighted by Crippen LogP contribution is -2.54. The Morgan fingerprint density at radius 2 is 1.89 bits per heavy atom. The van der Waals surface area contributed by atoms with Crippen molar-refractivity contribution >= 4 is 24.5 Å². The van der Waals surface area contributed by atoms with Crippen LogP contribution in [-0.4, -0.2) is 48.3 Å². The molecule has 1 aliphatic heterocycles. The van der Waals surface area contributed by atoms with Crippen LogP contribution in [0.2, 0.25) is 0 Å². The molecule has 0 aliphatic carbocycles. The number of hydrogen-bond acceptors (Lipinski definition) is 5. The molecule has 0 aromatic rings. The van der Waals surface area contributed by atoms with Crippen LogP contribution < -0.4 is 5.73 Å². The summed E-state index contributed by atoms with van der Waals surface area (Å²) in [7, 11) is 1.30. The van der Waals surface area contributed by atoms with Crippen molar-refractivity contribution in [3.63, 3.8) is 0 Å². The summed E-state index contributed by atoms with van der Waals surface area (Å²) in [6.07, 6.45) is 0.573. The molecule has 7 heteroatoms. The molecule has 2 atom stereocenters. The van der Waals surface area contributed by atoms with Gasteiger partial charge < -0.3 is 15.2 Å². The van der Waals surface area contributed by atoms with Gasteiger partial charge in [-0.05, 0) is 33.6 Å². The van der Waals surface area contributed by atoms with Crippen molar-refractivity contribution in [1.29, 1.82) is 0 Å². The number of rotatable bonds is 1. The molecule has 1 aliphatic rings. The molecule has 1 fully saturated rings. The zero-order valence-electron chi connectivity index (χ0n) is 11.8. The summed E-state index contributed by atoms with van der Waals surface area (Å²) >= 11 is 0. The molecule has 1 heterocycles. The Hall–Kier alpha value is -1.01. The van der Waals surface area contributed by atoms with E-state index < -0.39 is 23.7 Å². The molecule has 1 saturated heterocycles. The summed E-state index contributed by atoms with van der Waals surface area (Å²) in [5.74, 6) is -0.448. The summed E-state index contributed by atoms with van der Waals surface area (Å²) in [6, 6.07) is -0.735. The summed E-state index contributed by atoms with van der Waals surface area (Å²) in [5.41, 5.74) is 5.23. The van der Waals surface area contributed by atoms with E-state index in [1.54, 1.807) is 20.8 Å². The van der Waals surface area contributed by atoms with Gasteiger partial charge in [-0.3, -0.25) is 4.90 Å². The molecule has 19 heavy (non-hydrogen) atoms. The van der Waals surface area contributed by atoms with Crippen molar-refractivity contribution in [2.24, 2.45) is 5.73 Å². The van der Waals surface area contributed by atoms with E-state index in [1.165, 1.54) is 12.0 Å². The molecule has 0 saturated carbocycles. The monoisotopic (exact) mass is 294 g/mol. The maximum atomic E-state index is 12.0. The molecular formula is C12H23ClN2O4. The van der Waals surface area contributed by atoms with Crippen LogP contribution in [0.4, 0.5) is 4.79 Å². The minimum atomic E-state index is -0.645. The average Bonchev–Trinajstić information content (AvgIpc) is 2.25. The first-order valence-electron chi connectivity index (χ1n) is 6.07. The van der Waals surface area contributed by atoms with Gasteiger partial charge in [-0.25, -0.2) is 9.59 Å². The van der Waals surface area contributed by atoms with E-state index in [9.17, 15) is 9.59 Å². The maximum absolute atomic E-state index is 12.0. The lowest BCUT2D eigenvalue weighted by atomic mass is 9.98. The topological polar surface area (TPSA) is 81.9 Å². The second kappa shape index (κ2) is 6.96. The summed E-state index contributed by atoms with van der Waals surface area (Å²) in [6.45, 7) is 5.77. The quantitative estimate of drug-likeness (QED) is 0.737. The third-order valence-corrected chi connectivity index (χ3v) is 2.74. The second-order valence-electron chi connectivity index (χ2n) is 5.50. The van der Waals surface area contributed by atoms with Gasteiger partial charge >= 0.3 is 12.1 Å². The van der Waals surface area contributed by atoms with Crippen molar-refractivity contribution in [1.82, 2.24) is 4.90 Å². The standard InChI is InChI=1S/C12H22N2O4.ClH/c1-12(2,3)18-11(16)14-6-5-8(13)7-9(14)10(15)17-4;/h8-9H,5-7,13H2,1-4H3;1H. The molecule has 0 bridgehead atoms. The number of nitrogens with two attached hydrogens (primary N) is 1. The third-order valence-electron chi connectivity index (χ3n) is 2.74. The van der Waals surface area contributed by atoms with Crippen molar-refractivity contribution in [2.75, 3.05) is 13.7 Å². The van der Waals surface area contributed by atoms with Gasteiger partial charge in [0.15, 0.2) is 0 Å². The van der Waals surface area contributed by atoms with E-state index in [-0.39, 0.29) is 18.4 Å². The van der Waals surface area contributed by atoms with Gasteiger partial charge in [0.2, 0.25) is 0 Å². The summed E-state index contributed by atoms with van der Waals surface area (Å²) < 4.78 is 9.98. The highest BCUT2D eigenvalue weighted by atomic mass is 35.5. The van der Waals surface area contributed by atoms with Crippen LogP contribution in [0.3, 0.4) is 0 Å². The highest BCUT2D eigenvalue weighted by Gasteiger charge is 2.37. The molecule has 1 amide bonds. The Morgan fingerprint density at radius 3 is 2.37 bits per heavy atom. The Balaban J connectivity index is 0.00000324. The highest BCUT2D eigenvalue weighted by Crippen LogP contribution is 2.20. The SMILES string of the molecule is COC(=O)C1CC(N)CCN1C(=O)OC(C)(C)C.Cl. The number of ether oxygens (including phenoxy) is 2. The van der Waals surface area contributed by atoms with Crippen LogP contribution in [0.5, 0.6) is 0 Å². The molecule has 2 N–H and O–H groups in total. The van der Waals surface area contributed by atoms with Crippen LogP contribution in [-0.2, 0) is 14.3 Å². The lowest BCUT2D eigenvalue weighted by molar-refractivity contribution is -0.148. The van der Waals surface area contributed by atoms with Crippen molar-refractivity contribution in [3.05, 3.63) is 0 Å². The Labute approximate surface area is 120 Å². The molecule has 112 valence electrons. The number of likely N-dealkylation sites (tertiary alicyclic amines) is 1. The second-order valence-corrected chi connectivity index (χ2v) is 5.50. The van der Waals surface area contributed by atoms with Gasteiger partial charge in [0.1, 0.15) is 11.6 Å². The largest absolute Gasteiger partial charge is 0.467 e. The van der Waals surface area contributed by atoms with Gasteiger partial charge in [-0.1, -0.05) is 0 Å². The molecular weight excluding hydrogens is 272 g/mol. The first kappa shape index (κ1) is 18.0. The van der Waals surface area contributed by atoms with Crippen LogP contribution >= 0.6 is 12.4 Å².